The summed E-state index contributed by atoms with van der Waals surface area (Å²) in [6.07, 6.45) is 4.19. The molecule has 0 N–H and O–H groups in total. The molecular weight excluding hydrogens is 601 g/mol. The number of furan rings is 1. The zero-order chi connectivity index (χ0) is 32.3. The number of fused-ring (bicyclic) bond motifs is 7. The van der Waals surface area contributed by atoms with Gasteiger partial charge in [0.15, 0.2) is 17.5 Å². The van der Waals surface area contributed by atoms with Crippen molar-refractivity contribution in [1.29, 1.82) is 0 Å². The van der Waals surface area contributed by atoms with E-state index in [1.807, 2.05) is 36.4 Å². The lowest BCUT2D eigenvalue weighted by atomic mass is 9.97. The van der Waals surface area contributed by atoms with Crippen molar-refractivity contribution in [2.75, 3.05) is 6.54 Å². The first-order valence-corrected chi connectivity index (χ1v) is 16.4. The summed E-state index contributed by atoms with van der Waals surface area (Å²) in [5.74, 6) is 1.82. The third-order valence-electron chi connectivity index (χ3n) is 9.43. The van der Waals surface area contributed by atoms with Gasteiger partial charge in [-0.1, -0.05) is 121 Å². The zero-order valence-corrected chi connectivity index (χ0v) is 26.3. The molecular formula is C44H27N4O-. The Bertz CT molecular complexity index is 2770. The van der Waals surface area contributed by atoms with Gasteiger partial charge in [-0.15, -0.1) is 18.3 Å². The number of hydrogen-bond donors (Lipinski definition) is 0. The summed E-state index contributed by atoms with van der Waals surface area (Å²) >= 11 is 0. The fraction of sp³-hybridized carbons (Fsp3) is 0.0227. The molecule has 0 saturated carbocycles. The van der Waals surface area contributed by atoms with Crippen LogP contribution >= 0.6 is 0 Å². The van der Waals surface area contributed by atoms with E-state index in [2.05, 4.69) is 115 Å². The third kappa shape index (κ3) is 4.59. The highest BCUT2D eigenvalue weighted by atomic mass is 16.3. The van der Waals surface area contributed by atoms with E-state index in [0.717, 1.165) is 66.4 Å². The Morgan fingerprint density at radius 2 is 1.18 bits per heavy atom. The van der Waals surface area contributed by atoms with Gasteiger partial charge in [-0.25, -0.2) is 15.0 Å². The SMILES string of the molecule is C1=Cc2cc3oc4c(-c5ccccc5)ccc(-c5nc(-c6ccccc6)nc(-c6ccc7ccc8ccccc8c7c6)n5)c4c3cc2[N-]C1. The molecule has 5 nitrogen and oxygen atoms in total. The lowest BCUT2D eigenvalue weighted by Crippen LogP contribution is -2.00. The third-order valence-corrected chi connectivity index (χ3v) is 9.43. The van der Waals surface area contributed by atoms with Crippen molar-refractivity contribution in [3.63, 3.8) is 0 Å². The summed E-state index contributed by atoms with van der Waals surface area (Å²) in [5.41, 5.74) is 8.44. The molecule has 10 rings (SSSR count). The second-order valence-electron chi connectivity index (χ2n) is 12.4. The van der Waals surface area contributed by atoms with E-state index in [1.165, 1.54) is 16.2 Å². The molecule has 0 aliphatic carbocycles. The summed E-state index contributed by atoms with van der Waals surface area (Å²) < 4.78 is 6.74. The van der Waals surface area contributed by atoms with Crippen LogP contribution in [-0.4, -0.2) is 21.5 Å². The molecule has 0 atom stereocenters. The Kier molecular flexibility index (Phi) is 6.18. The van der Waals surface area contributed by atoms with Crippen LogP contribution in [-0.2, 0) is 0 Å². The van der Waals surface area contributed by atoms with E-state index in [9.17, 15) is 0 Å². The number of hydrogen-bond acceptors (Lipinski definition) is 4. The fourth-order valence-electron chi connectivity index (χ4n) is 7.05. The fourth-order valence-corrected chi connectivity index (χ4v) is 7.05. The van der Waals surface area contributed by atoms with Crippen LogP contribution in [0.25, 0.3) is 100 Å². The largest absolute Gasteiger partial charge is 0.681 e. The van der Waals surface area contributed by atoms with Crippen LogP contribution in [0.3, 0.4) is 0 Å². The molecule has 1 aliphatic rings. The van der Waals surface area contributed by atoms with E-state index in [-0.39, 0.29) is 0 Å². The van der Waals surface area contributed by atoms with Gasteiger partial charge in [-0.05, 0) is 56.9 Å². The van der Waals surface area contributed by atoms with Crippen LogP contribution in [0.4, 0.5) is 5.69 Å². The topological polar surface area (TPSA) is 65.9 Å². The maximum absolute atomic E-state index is 6.74. The molecule has 0 radical (unpaired) electrons. The number of benzene rings is 7. The Morgan fingerprint density at radius 1 is 0.510 bits per heavy atom. The van der Waals surface area contributed by atoms with Gasteiger partial charge in [-0.3, -0.25) is 0 Å². The van der Waals surface area contributed by atoms with Gasteiger partial charge in [0.25, 0.3) is 0 Å². The second-order valence-corrected chi connectivity index (χ2v) is 12.4. The van der Waals surface area contributed by atoms with E-state index in [1.54, 1.807) is 0 Å². The molecule has 0 unspecified atom stereocenters. The molecule has 7 aromatic carbocycles. The number of nitrogens with zero attached hydrogens (tertiary/aromatic N) is 4. The molecule has 9 aromatic rings. The lowest BCUT2D eigenvalue weighted by molar-refractivity contribution is 0.670. The Morgan fingerprint density at radius 3 is 2.02 bits per heavy atom. The van der Waals surface area contributed by atoms with E-state index in [4.69, 9.17) is 24.7 Å². The monoisotopic (exact) mass is 627 g/mol. The van der Waals surface area contributed by atoms with Gasteiger partial charge in [0.2, 0.25) is 0 Å². The normalized spacial score (nSPS) is 12.5. The van der Waals surface area contributed by atoms with E-state index < -0.39 is 0 Å². The highest BCUT2D eigenvalue weighted by Gasteiger charge is 2.21. The maximum Gasteiger partial charge on any atom is 0.164 e. The molecule has 0 bridgehead atoms. The molecule has 0 spiro atoms. The molecule has 3 heterocycles. The molecule has 1 aliphatic heterocycles. The average Bonchev–Trinajstić information content (AvgIpc) is 3.55. The minimum Gasteiger partial charge on any atom is -0.681 e. The van der Waals surface area contributed by atoms with Crippen molar-refractivity contribution in [3.8, 4) is 45.3 Å². The molecule has 49 heavy (non-hydrogen) atoms. The molecule has 5 heteroatoms. The average molecular weight is 628 g/mol. The number of rotatable bonds is 4. The van der Waals surface area contributed by atoms with Gasteiger partial charge in [0.05, 0.1) is 0 Å². The van der Waals surface area contributed by atoms with Crippen LogP contribution in [0.2, 0.25) is 0 Å². The lowest BCUT2D eigenvalue weighted by Gasteiger charge is -2.25. The molecule has 0 saturated heterocycles. The smallest absolute Gasteiger partial charge is 0.164 e. The summed E-state index contributed by atoms with van der Waals surface area (Å²) in [7, 11) is 0. The first-order chi connectivity index (χ1) is 24.3. The van der Waals surface area contributed by atoms with Crippen LogP contribution in [0, 0.1) is 0 Å². The molecule has 230 valence electrons. The Hall–Kier alpha value is -6.59. The van der Waals surface area contributed by atoms with Gasteiger partial charge >= 0.3 is 0 Å². The van der Waals surface area contributed by atoms with Gasteiger partial charge in [0.1, 0.15) is 11.2 Å². The van der Waals surface area contributed by atoms with Gasteiger partial charge < -0.3 is 9.73 Å². The summed E-state index contributed by atoms with van der Waals surface area (Å²) in [5, 5.41) is 11.5. The van der Waals surface area contributed by atoms with Crippen LogP contribution < -0.4 is 0 Å². The van der Waals surface area contributed by atoms with Crippen molar-refractivity contribution in [3.05, 3.63) is 156 Å². The van der Waals surface area contributed by atoms with Crippen molar-refractivity contribution in [2.24, 2.45) is 0 Å². The summed E-state index contributed by atoms with van der Waals surface area (Å²) in [6, 6.07) is 48.2. The zero-order valence-electron chi connectivity index (χ0n) is 26.3. The minimum absolute atomic E-state index is 0.587. The Balaban J connectivity index is 1.26. The molecule has 0 fully saturated rings. The van der Waals surface area contributed by atoms with Crippen molar-refractivity contribution < 1.29 is 4.42 Å². The number of aromatic nitrogens is 3. The minimum atomic E-state index is 0.587. The first-order valence-electron chi connectivity index (χ1n) is 16.4. The summed E-state index contributed by atoms with van der Waals surface area (Å²) in [4.78, 5) is 15.4. The summed E-state index contributed by atoms with van der Waals surface area (Å²) in [6.45, 7) is 0.661. The predicted octanol–water partition coefficient (Wildman–Crippen LogP) is 11.8. The highest BCUT2D eigenvalue weighted by molar-refractivity contribution is 6.17. The van der Waals surface area contributed by atoms with Crippen LogP contribution in [0.5, 0.6) is 0 Å². The Labute approximate surface area is 282 Å². The first kappa shape index (κ1) is 27.5. The van der Waals surface area contributed by atoms with Crippen molar-refractivity contribution >= 4 is 55.2 Å². The molecule has 2 aromatic heterocycles. The highest BCUT2D eigenvalue weighted by Crippen LogP contribution is 2.44. The molecule has 0 amide bonds. The van der Waals surface area contributed by atoms with Gasteiger partial charge in [-0.2, -0.15) is 0 Å². The second kappa shape index (κ2) is 11.0. The van der Waals surface area contributed by atoms with Crippen molar-refractivity contribution in [1.82, 2.24) is 15.0 Å². The standard InChI is InChI=1S/C44H27N4O/c1-3-10-27(11-4-1)34-21-22-35(40-37-26-38-31(15-9-23-45-38)25-39(37)49-41(34)40)44-47-42(30-13-5-2-6-14-30)46-43(48-44)32-20-19-29-18-17-28-12-7-8-16-33(28)36(29)24-32/h1-22,24-26H,23H2/q-1. The van der Waals surface area contributed by atoms with Gasteiger partial charge in [0, 0.05) is 33.0 Å². The van der Waals surface area contributed by atoms with Crippen molar-refractivity contribution in [2.45, 2.75) is 0 Å². The van der Waals surface area contributed by atoms with Crippen LogP contribution in [0.1, 0.15) is 5.56 Å². The van der Waals surface area contributed by atoms with Crippen LogP contribution in [0.15, 0.2) is 150 Å². The maximum atomic E-state index is 6.74. The van der Waals surface area contributed by atoms with E-state index in [0.29, 0.717) is 24.0 Å². The predicted molar refractivity (Wildman–Crippen MR) is 201 cm³/mol. The van der Waals surface area contributed by atoms with E-state index >= 15 is 0 Å². The quantitative estimate of drug-likeness (QED) is 0.182.